The van der Waals surface area contributed by atoms with E-state index in [1.807, 2.05) is 32.0 Å². The lowest BCUT2D eigenvalue weighted by Gasteiger charge is -2.50. The summed E-state index contributed by atoms with van der Waals surface area (Å²) in [6.45, 7) is 1.84. The minimum Gasteiger partial charge on any atom is -0.510 e. The van der Waals surface area contributed by atoms with Gasteiger partial charge < -0.3 is 31.1 Å². The molecule has 3 aliphatic carbocycles. The third-order valence-electron chi connectivity index (χ3n) is 7.64. The Morgan fingerprint density at radius 3 is 2.31 bits per heavy atom. The smallest absolute Gasteiger partial charge is 0.255 e. The molecule has 4 unspecified atom stereocenters. The van der Waals surface area contributed by atoms with Gasteiger partial charge in [0.15, 0.2) is 11.4 Å². The molecule has 0 aromatic heterocycles. The molecule has 4 atom stereocenters. The van der Waals surface area contributed by atoms with E-state index >= 15 is 0 Å². The van der Waals surface area contributed by atoms with Crippen LogP contribution in [-0.4, -0.2) is 82.6 Å². The summed E-state index contributed by atoms with van der Waals surface area (Å²) in [6, 6.07) is 0.819. The molecule has 0 fully saturated rings. The second kappa shape index (κ2) is 8.10. The van der Waals surface area contributed by atoms with E-state index in [0.29, 0.717) is 17.5 Å². The van der Waals surface area contributed by atoms with Crippen LogP contribution in [0, 0.1) is 11.8 Å². The summed E-state index contributed by atoms with van der Waals surface area (Å²) < 4.78 is 0. The van der Waals surface area contributed by atoms with Gasteiger partial charge in [-0.25, -0.2) is 0 Å². The average Bonchev–Trinajstić information content (AvgIpc) is 2.75. The van der Waals surface area contributed by atoms with Gasteiger partial charge in [0.05, 0.1) is 11.6 Å². The Hall–Kier alpha value is -3.37. The monoisotopic (exact) mass is 485 g/mol. The van der Waals surface area contributed by atoms with Crippen molar-refractivity contribution in [3.63, 3.8) is 0 Å². The van der Waals surface area contributed by atoms with Gasteiger partial charge in [0, 0.05) is 31.3 Å². The zero-order valence-corrected chi connectivity index (χ0v) is 20.4. The van der Waals surface area contributed by atoms with Gasteiger partial charge in [0.25, 0.3) is 5.91 Å². The molecule has 0 bridgehead atoms. The third kappa shape index (κ3) is 3.20. The number of benzene rings is 1. The number of phenols is 1. The van der Waals surface area contributed by atoms with Crippen LogP contribution in [0.1, 0.15) is 34.8 Å². The topological polar surface area (TPSA) is 165 Å². The molecule has 0 heterocycles. The fraction of sp³-hybridized carbons (Fsp3) is 0.480. The number of primary amides is 1. The lowest BCUT2D eigenvalue weighted by molar-refractivity contribution is -0.148. The van der Waals surface area contributed by atoms with E-state index in [1.54, 1.807) is 14.1 Å². The molecule has 1 amide bonds. The van der Waals surface area contributed by atoms with E-state index in [2.05, 4.69) is 0 Å². The molecule has 0 aliphatic heterocycles. The zero-order chi connectivity index (χ0) is 26.1. The van der Waals surface area contributed by atoms with Gasteiger partial charge in [-0.2, -0.15) is 0 Å². The van der Waals surface area contributed by atoms with Gasteiger partial charge in [0.1, 0.15) is 22.8 Å². The number of fused-ring (bicyclic) bond motifs is 3. The molecular weight excluding hydrogens is 454 g/mol. The van der Waals surface area contributed by atoms with Crippen molar-refractivity contribution in [2.24, 2.45) is 17.6 Å². The standard InChI is InChI=1S/C25H31N3O7/c1-6-10-9-14(27(2)3)12-7-11-8-13-18(28(4)5)21(31)17(24(26)34)23(33)25(13,35)22(32)15(11)20(30)16(12)19(10)29/h9,11,13,18,29,31-32,35H,6-8H2,1-5H3,(H2,26,34). The number of nitrogens with zero attached hydrogens (tertiary/aromatic N) is 2. The summed E-state index contributed by atoms with van der Waals surface area (Å²) in [5.74, 6) is -6.43. The van der Waals surface area contributed by atoms with Crippen LogP contribution in [0.3, 0.4) is 0 Å². The number of hydrogen-bond acceptors (Lipinski definition) is 9. The minimum atomic E-state index is -2.63. The molecule has 10 heteroatoms. The first-order chi connectivity index (χ1) is 16.3. The number of ketones is 2. The van der Waals surface area contributed by atoms with Crippen LogP contribution >= 0.6 is 0 Å². The second-order valence-corrected chi connectivity index (χ2v) is 9.97. The SMILES string of the molecule is CCc1cc(N(C)C)c2c(c1O)C(=O)C1=C(O)C3(O)C(=O)C(C(N)=O)=C(O)C(N(C)C)C3CC1C2. The fourth-order valence-corrected chi connectivity index (χ4v) is 6.02. The number of likely N-dealkylation sites (N-methyl/N-ethyl adjacent to an activating group) is 1. The van der Waals surface area contributed by atoms with Gasteiger partial charge in [-0.15, -0.1) is 0 Å². The van der Waals surface area contributed by atoms with Crippen molar-refractivity contribution in [3.05, 3.63) is 45.4 Å². The molecule has 188 valence electrons. The third-order valence-corrected chi connectivity index (χ3v) is 7.64. The summed E-state index contributed by atoms with van der Waals surface area (Å²) >= 11 is 0. The average molecular weight is 486 g/mol. The highest BCUT2D eigenvalue weighted by Gasteiger charge is 2.63. The molecule has 1 aromatic rings. The Morgan fingerprint density at radius 2 is 1.80 bits per heavy atom. The van der Waals surface area contributed by atoms with E-state index in [0.717, 1.165) is 5.69 Å². The molecule has 0 radical (unpaired) electrons. The Balaban J connectivity index is 2.00. The number of phenolic OH excluding ortho intramolecular Hbond substituents is 1. The van der Waals surface area contributed by atoms with Crippen molar-refractivity contribution in [3.8, 4) is 5.75 Å². The number of allylic oxidation sites excluding steroid dienone is 1. The van der Waals surface area contributed by atoms with Crippen LogP contribution in [0.15, 0.2) is 28.7 Å². The van der Waals surface area contributed by atoms with Gasteiger partial charge in [0.2, 0.25) is 5.78 Å². The van der Waals surface area contributed by atoms with E-state index in [9.17, 15) is 34.8 Å². The number of aliphatic hydroxyl groups is 3. The Kier molecular flexibility index (Phi) is 5.72. The van der Waals surface area contributed by atoms with Crippen LogP contribution in [0.2, 0.25) is 0 Å². The lowest BCUT2D eigenvalue weighted by Crippen LogP contribution is -2.63. The van der Waals surface area contributed by atoms with Gasteiger partial charge in [-0.1, -0.05) is 6.92 Å². The fourth-order valence-electron chi connectivity index (χ4n) is 6.02. The minimum absolute atomic E-state index is 0.0360. The van der Waals surface area contributed by atoms with Crippen molar-refractivity contribution in [1.29, 1.82) is 0 Å². The van der Waals surface area contributed by atoms with Crippen molar-refractivity contribution >= 4 is 23.2 Å². The number of rotatable bonds is 4. The van der Waals surface area contributed by atoms with E-state index in [4.69, 9.17) is 5.73 Å². The summed E-state index contributed by atoms with van der Waals surface area (Å²) in [4.78, 5) is 42.5. The van der Waals surface area contributed by atoms with Crippen molar-refractivity contribution < 1.29 is 34.8 Å². The highest BCUT2D eigenvalue weighted by atomic mass is 16.3. The number of hydrogen-bond donors (Lipinski definition) is 5. The predicted molar refractivity (Wildman–Crippen MR) is 127 cm³/mol. The molecule has 0 spiro atoms. The molecule has 1 aromatic carbocycles. The van der Waals surface area contributed by atoms with Crippen LogP contribution in [0.25, 0.3) is 0 Å². The maximum atomic E-state index is 13.8. The van der Waals surface area contributed by atoms with Crippen LogP contribution in [-0.2, 0) is 22.4 Å². The van der Waals surface area contributed by atoms with E-state index in [1.165, 1.54) is 4.90 Å². The quantitative estimate of drug-likeness (QED) is 0.387. The summed E-state index contributed by atoms with van der Waals surface area (Å²) in [5.41, 5.74) is 3.70. The number of aliphatic hydroxyl groups excluding tert-OH is 2. The highest BCUT2D eigenvalue weighted by Crippen LogP contribution is 2.53. The van der Waals surface area contributed by atoms with Crippen molar-refractivity contribution in [2.45, 2.75) is 37.8 Å². The van der Waals surface area contributed by atoms with Crippen molar-refractivity contribution in [1.82, 2.24) is 4.90 Å². The number of aryl methyl sites for hydroxylation is 1. The summed E-state index contributed by atoms with van der Waals surface area (Å²) in [5, 5.41) is 44.7. The second-order valence-electron chi connectivity index (χ2n) is 9.97. The van der Waals surface area contributed by atoms with Crippen molar-refractivity contribution in [2.75, 3.05) is 33.1 Å². The molecule has 0 saturated carbocycles. The zero-order valence-electron chi connectivity index (χ0n) is 20.4. The number of carbonyl (C=O) groups excluding carboxylic acids is 3. The Bertz CT molecular complexity index is 1230. The van der Waals surface area contributed by atoms with Crippen LogP contribution < -0.4 is 10.6 Å². The molecule has 4 rings (SSSR count). The number of amides is 1. The molecule has 3 aliphatic rings. The summed E-state index contributed by atoms with van der Waals surface area (Å²) in [6.07, 6.45) is 0.789. The molecule has 0 saturated heterocycles. The van der Waals surface area contributed by atoms with Gasteiger partial charge in [-0.3, -0.25) is 19.3 Å². The Morgan fingerprint density at radius 1 is 1.17 bits per heavy atom. The number of carbonyl (C=O) groups is 3. The number of aromatic hydroxyl groups is 1. The first-order valence-corrected chi connectivity index (χ1v) is 11.5. The van der Waals surface area contributed by atoms with E-state index in [-0.39, 0.29) is 29.7 Å². The van der Waals surface area contributed by atoms with E-state index < -0.39 is 58.0 Å². The molecule has 10 nitrogen and oxygen atoms in total. The largest absolute Gasteiger partial charge is 0.510 e. The lowest BCUT2D eigenvalue weighted by atomic mass is 9.58. The summed E-state index contributed by atoms with van der Waals surface area (Å²) in [7, 11) is 6.85. The first-order valence-electron chi connectivity index (χ1n) is 11.5. The Labute approximate surface area is 202 Å². The highest BCUT2D eigenvalue weighted by molar-refractivity contribution is 6.24. The van der Waals surface area contributed by atoms with Crippen LogP contribution in [0.5, 0.6) is 5.75 Å². The normalized spacial score (nSPS) is 28.1. The maximum absolute atomic E-state index is 13.8. The molecule has 6 N–H and O–H groups in total. The number of anilines is 1. The van der Waals surface area contributed by atoms with Gasteiger partial charge in [-0.05, 0) is 56.5 Å². The molecule has 35 heavy (non-hydrogen) atoms. The number of nitrogens with two attached hydrogens (primary N) is 1. The first kappa shape index (κ1) is 24.7. The molecular formula is C25H31N3O7. The predicted octanol–water partition coefficient (Wildman–Crippen LogP) is 0.749. The van der Waals surface area contributed by atoms with Crippen LogP contribution in [0.4, 0.5) is 5.69 Å². The number of Topliss-reactive ketones (excluding diaryl/α,β-unsaturated/α-hetero) is 2. The maximum Gasteiger partial charge on any atom is 0.255 e. The van der Waals surface area contributed by atoms with Gasteiger partial charge >= 0.3 is 0 Å².